The molecule has 0 heterocycles. The van der Waals surface area contributed by atoms with Gasteiger partial charge in [-0.05, 0) is 12.8 Å². The van der Waals surface area contributed by atoms with Gasteiger partial charge in [-0.15, -0.1) is 0 Å². The Hall–Kier alpha value is -4.20. The SMILES string of the molecule is CCCCCCCOC(=O)OC1=C2C(=O)c3ccccc3C(OC(=O)OCCCCCCC)=C2C(=O)c2ccccc21. The van der Waals surface area contributed by atoms with E-state index in [9.17, 15) is 19.2 Å². The molecule has 0 N–H and O–H groups in total. The van der Waals surface area contributed by atoms with Crippen molar-refractivity contribution in [2.24, 2.45) is 0 Å². The van der Waals surface area contributed by atoms with Gasteiger partial charge in [0, 0.05) is 22.3 Å². The molecule has 42 heavy (non-hydrogen) atoms. The third-order valence-electron chi connectivity index (χ3n) is 7.30. The highest BCUT2D eigenvalue weighted by atomic mass is 16.7. The molecule has 0 unspecified atom stereocenters. The number of carbonyl (C=O) groups excluding carboxylic acids is 4. The maximum absolute atomic E-state index is 13.8. The molecule has 0 bridgehead atoms. The summed E-state index contributed by atoms with van der Waals surface area (Å²) in [5.41, 5.74) is 0.664. The molecule has 222 valence electrons. The fourth-order valence-electron chi connectivity index (χ4n) is 5.12. The molecule has 8 nitrogen and oxygen atoms in total. The third-order valence-corrected chi connectivity index (χ3v) is 7.30. The molecular formula is C34H38O8. The van der Waals surface area contributed by atoms with Crippen molar-refractivity contribution in [1.29, 1.82) is 0 Å². The van der Waals surface area contributed by atoms with Gasteiger partial charge in [0.15, 0.2) is 23.1 Å². The normalized spacial score (nSPS) is 13.8. The molecule has 0 radical (unpaired) electrons. The fraction of sp³-hybridized carbons (Fsp3) is 0.412. The summed E-state index contributed by atoms with van der Waals surface area (Å²) in [5, 5.41) is 0. The average molecular weight is 575 g/mol. The van der Waals surface area contributed by atoms with Crippen LogP contribution >= 0.6 is 0 Å². The number of rotatable bonds is 14. The number of hydrogen-bond donors (Lipinski definition) is 0. The first-order valence-electron chi connectivity index (χ1n) is 14.9. The molecule has 0 saturated carbocycles. The van der Waals surface area contributed by atoms with Gasteiger partial charge in [0.25, 0.3) is 0 Å². The van der Waals surface area contributed by atoms with Crippen LogP contribution in [0.5, 0.6) is 0 Å². The van der Waals surface area contributed by atoms with Crippen LogP contribution < -0.4 is 0 Å². The second-order valence-corrected chi connectivity index (χ2v) is 10.4. The summed E-state index contributed by atoms with van der Waals surface area (Å²) >= 11 is 0. The molecule has 8 heteroatoms. The Labute approximate surface area is 246 Å². The standard InChI is InChI=1S/C34H38O8/c1-3-5-7-9-15-21-39-33(37)41-31-25-19-13-11-17-23(25)30(36)28-27(31)29(35)24-18-12-14-20-26(24)32(28)42-34(38)40-22-16-10-8-6-4-2/h11-14,17-20H,3-10,15-16,21-22H2,1-2H3. The average Bonchev–Trinajstić information content (AvgIpc) is 3.00. The van der Waals surface area contributed by atoms with Gasteiger partial charge in [0.05, 0.1) is 24.4 Å². The second kappa shape index (κ2) is 15.1. The number of ketones is 2. The highest BCUT2D eigenvalue weighted by Crippen LogP contribution is 2.45. The van der Waals surface area contributed by atoms with Crippen molar-refractivity contribution in [3.63, 3.8) is 0 Å². The Morgan fingerprint density at radius 2 is 0.881 bits per heavy atom. The van der Waals surface area contributed by atoms with Gasteiger partial charge in [0.2, 0.25) is 0 Å². The van der Waals surface area contributed by atoms with Crippen molar-refractivity contribution in [2.75, 3.05) is 13.2 Å². The highest BCUT2D eigenvalue weighted by Gasteiger charge is 2.43. The minimum absolute atomic E-state index is 0.110. The number of carbonyl (C=O) groups is 4. The van der Waals surface area contributed by atoms with Gasteiger partial charge < -0.3 is 18.9 Å². The van der Waals surface area contributed by atoms with Crippen LogP contribution in [-0.2, 0) is 18.9 Å². The lowest BCUT2D eigenvalue weighted by Crippen LogP contribution is -2.29. The van der Waals surface area contributed by atoms with Gasteiger partial charge in [-0.25, -0.2) is 9.59 Å². The van der Waals surface area contributed by atoms with E-state index in [1.165, 1.54) is 0 Å². The van der Waals surface area contributed by atoms with E-state index < -0.39 is 23.9 Å². The van der Waals surface area contributed by atoms with Crippen molar-refractivity contribution in [3.05, 3.63) is 81.9 Å². The van der Waals surface area contributed by atoms with E-state index in [0.29, 0.717) is 12.8 Å². The van der Waals surface area contributed by atoms with E-state index in [-0.39, 0.29) is 58.1 Å². The molecule has 0 aromatic heterocycles. The lowest BCUT2D eigenvalue weighted by atomic mass is 9.76. The third kappa shape index (κ3) is 7.16. The summed E-state index contributed by atoms with van der Waals surface area (Å²) < 4.78 is 21.9. The fourth-order valence-corrected chi connectivity index (χ4v) is 5.12. The first-order valence-corrected chi connectivity index (χ1v) is 14.9. The highest BCUT2D eigenvalue weighted by molar-refractivity contribution is 6.34. The van der Waals surface area contributed by atoms with Gasteiger partial charge >= 0.3 is 12.3 Å². The van der Waals surface area contributed by atoms with Crippen molar-refractivity contribution < 1.29 is 38.1 Å². The molecule has 0 aliphatic heterocycles. The topological polar surface area (TPSA) is 105 Å². The zero-order chi connectivity index (χ0) is 29.9. The van der Waals surface area contributed by atoms with E-state index in [2.05, 4.69) is 13.8 Å². The molecule has 0 saturated heterocycles. The van der Waals surface area contributed by atoms with Crippen molar-refractivity contribution >= 4 is 35.4 Å². The van der Waals surface area contributed by atoms with E-state index in [1.807, 2.05) is 0 Å². The smallest absolute Gasteiger partial charge is 0.434 e. The van der Waals surface area contributed by atoms with Crippen LogP contribution in [0.1, 0.15) is 110 Å². The van der Waals surface area contributed by atoms with Gasteiger partial charge in [0.1, 0.15) is 0 Å². The van der Waals surface area contributed by atoms with E-state index >= 15 is 0 Å². The number of Topliss-reactive ketones (excluding diaryl/α,β-unsaturated/α-hetero) is 2. The number of ether oxygens (including phenoxy) is 4. The predicted octanol–water partition coefficient (Wildman–Crippen LogP) is 8.45. The summed E-state index contributed by atoms with van der Waals surface area (Å²) in [7, 11) is 0. The van der Waals surface area contributed by atoms with Crippen LogP contribution in [-0.4, -0.2) is 37.1 Å². The predicted molar refractivity (Wildman–Crippen MR) is 158 cm³/mol. The molecule has 2 aliphatic rings. The molecule has 2 aromatic carbocycles. The molecule has 4 rings (SSSR count). The summed E-state index contributed by atoms with van der Waals surface area (Å²) in [6.45, 7) is 4.59. The minimum Gasteiger partial charge on any atom is -0.434 e. The lowest BCUT2D eigenvalue weighted by molar-refractivity contribution is 0.0841. The largest absolute Gasteiger partial charge is 0.513 e. The number of fused-ring (bicyclic) bond motifs is 3. The summed E-state index contributed by atoms with van der Waals surface area (Å²) in [5.74, 6) is -1.27. The number of unbranched alkanes of at least 4 members (excludes halogenated alkanes) is 8. The Balaban J connectivity index is 1.66. The molecule has 0 spiro atoms. The second-order valence-electron chi connectivity index (χ2n) is 10.4. The van der Waals surface area contributed by atoms with Gasteiger partial charge in [-0.3, -0.25) is 9.59 Å². The Bertz CT molecular complexity index is 1280. The van der Waals surface area contributed by atoms with E-state index in [4.69, 9.17) is 18.9 Å². The molecule has 0 atom stereocenters. The van der Waals surface area contributed by atoms with Crippen LogP contribution in [0.2, 0.25) is 0 Å². The first kappa shape index (κ1) is 30.8. The zero-order valence-corrected chi connectivity index (χ0v) is 24.4. The molecule has 2 aromatic rings. The van der Waals surface area contributed by atoms with Crippen molar-refractivity contribution in [2.45, 2.75) is 78.1 Å². The van der Waals surface area contributed by atoms with Crippen LogP contribution in [0, 0.1) is 0 Å². The van der Waals surface area contributed by atoms with Crippen LogP contribution in [0.25, 0.3) is 11.5 Å². The number of hydrogen-bond acceptors (Lipinski definition) is 8. The van der Waals surface area contributed by atoms with E-state index in [1.54, 1.807) is 48.5 Å². The number of allylic oxidation sites excluding steroid dienone is 2. The van der Waals surface area contributed by atoms with Crippen molar-refractivity contribution in [1.82, 2.24) is 0 Å². The molecular weight excluding hydrogens is 536 g/mol. The van der Waals surface area contributed by atoms with Gasteiger partial charge in [-0.2, -0.15) is 0 Å². The number of benzene rings is 2. The minimum atomic E-state index is -0.979. The Morgan fingerprint density at radius 1 is 0.524 bits per heavy atom. The lowest BCUT2D eigenvalue weighted by Gasteiger charge is -2.28. The summed E-state index contributed by atoms with van der Waals surface area (Å²) in [6.07, 6.45) is 7.79. The Kier molecular flexibility index (Phi) is 11.1. The Morgan fingerprint density at radius 3 is 1.26 bits per heavy atom. The van der Waals surface area contributed by atoms with Crippen molar-refractivity contribution in [3.8, 4) is 0 Å². The van der Waals surface area contributed by atoms with Gasteiger partial charge in [-0.1, -0.05) is 114 Å². The molecule has 0 amide bonds. The van der Waals surface area contributed by atoms with Crippen LogP contribution in [0.4, 0.5) is 9.59 Å². The summed E-state index contributed by atoms with van der Waals surface area (Å²) in [4.78, 5) is 53.3. The maximum atomic E-state index is 13.8. The zero-order valence-electron chi connectivity index (χ0n) is 24.4. The molecule has 2 aliphatic carbocycles. The van der Waals surface area contributed by atoms with Crippen LogP contribution in [0.3, 0.4) is 0 Å². The van der Waals surface area contributed by atoms with Crippen LogP contribution in [0.15, 0.2) is 59.7 Å². The maximum Gasteiger partial charge on any atom is 0.513 e. The van der Waals surface area contributed by atoms with E-state index in [0.717, 1.165) is 51.4 Å². The quantitative estimate of drug-likeness (QED) is 0.163. The summed E-state index contributed by atoms with van der Waals surface area (Å²) in [6, 6.07) is 13.0. The molecule has 0 fully saturated rings. The monoisotopic (exact) mass is 574 g/mol. The first-order chi connectivity index (χ1) is 20.5.